The largest absolute Gasteiger partial charge is 1.00 e. The van der Waals surface area contributed by atoms with Crippen LogP contribution in [0.2, 0.25) is 0 Å². The molecule has 2 bridgehead atoms. The molecule has 1 atom stereocenters. The molecule has 3 fully saturated rings. The zero-order valence-corrected chi connectivity index (χ0v) is 18.2. The molecule has 1 aromatic heterocycles. The van der Waals surface area contributed by atoms with E-state index in [0.29, 0.717) is 6.04 Å². The van der Waals surface area contributed by atoms with Crippen molar-refractivity contribution < 1.29 is 28.8 Å². The number of nitrogens with zero attached hydrogens (tertiary/aromatic N) is 2. The first-order chi connectivity index (χ1) is 14.7. The van der Waals surface area contributed by atoms with E-state index in [-0.39, 0.29) is 24.4 Å². The van der Waals surface area contributed by atoms with Crippen LogP contribution in [0.25, 0.3) is 10.9 Å². The summed E-state index contributed by atoms with van der Waals surface area (Å²) in [6, 6.07) is 16.3. The van der Waals surface area contributed by atoms with Gasteiger partial charge in [0.1, 0.15) is 0 Å². The fraction of sp³-hybridized carbons (Fsp3) is 0.400. The number of carboxylic acids is 1. The zero-order valence-electron chi connectivity index (χ0n) is 18.2. The van der Waals surface area contributed by atoms with Gasteiger partial charge in [-0.3, -0.25) is 0 Å². The second kappa shape index (κ2) is 9.63. The Morgan fingerprint density at radius 3 is 2.52 bits per heavy atom. The van der Waals surface area contributed by atoms with E-state index in [0.717, 1.165) is 48.4 Å². The first-order valence-corrected chi connectivity index (χ1v) is 11.0. The first kappa shape index (κ1) is 22.2. The third-order valence-corrected chi connectivity index (χ3v) is 6.86. The van der Waals surface area contributed by atoms with Crippen LogP contribution in [0.3, 0.4) is 0 Å². The maximum Gasteiger partial charge on any atom is 1.00 e. The fourth-order valence-electron chi connectivity index (χ4n) is 5.30. The fourth-order valence-corrected chi connectivity index (χ4v) is 5.30. The maximum absolute atomic E-state index is 11.8. The number of hydrogen-bond acceptors (Lipinski definition) is 4. The van der Waals surface area contributed by atoms with E-state index >= 15 is 0 Å². The van der Waals surface area contributed by atoms with Crippen LogP contribution in [0.1, 0.15) is 34.3 Å². The van der Waals surface area contributed by atoms with Crippen molar-refractivity contribution in [1.82, 2.24) is 14.8 Å². The molecule has 0 spiro atoms. The van der Waals surface area contributed by atoms with Crippen LogP contribution in [0.5, 0.6) is 0 Å². The van der Waals surface area contributed by atoms with Crippen molar-refractivity contribution >= 4 is 16.9 Å². The van der Waals surface area contributed by atoms with E-state index in [4.69, 9.17) is 0 Å². The number of aromatic carboxylic acids is 1. The van der Waals surface area contributed by atoms with Crippen molar-refractivity contribution in [3.05, 3.63) is 71.4 Å². The smallest absolute Gasteiger partial charge is 0.545 e. The van der Waals surface area contributed by atoms with Crippen LogP contribution in [0.15, 0.2) is 54.7 Å². The van der Waals surface area contributed by atoms with Crippen LogP contribution in [-0.4, -0.2) is 47.7 Å². The topological polar surface area (TPSA) is 60.3 Å². The molecule has 1 N–H and O–H groups in total. The van der Waals surface area contributed by atoms with Gasteiger partial charge < -0.3 is 24.7 Å². The molecule has 0 saturated carbocycles. The molecule has 6 heteroatoms. The number of piperidine rings is 3. The molecule has 3 aliphatic heterocycles. The van der Waals surface area contributed by atoms with Gasteiger partial charge in [0, 0.05) is 41.8 Å². The normalized spacial score (nSPS) is 22.4. The average molecular weight is 409 g/mol. The Morgan fingerprint density at radius 2 is 1.84 bits per heavy atom. The monoisotopic (exact) mass is 409 g/mol. The number of hydrogen-bond donors (Lipinski definition) is 1. The van der Waals surface area contributed by atoms with E-state index in [1.165, 1.54) is 31.5 Å². The minimum absolute atomic E-state index is 0. The van der Waals surface area contributed by atoms with E-state index in [9.17, 15) is 9.90 Å². The van der Waals surface area contributed by atoms with Crippen LogP contribution in [0.4, 0.5) is 0 Å². The van der Waals surface area contributed by atoms with E-state index in [1.54, 1.807) is 6.07 Å². The second-order valence-electron chi connectivity index (χ2n) is 8.70. The number of carboxylic acid groups (broad SMARTS) is 1. The van der Waals surface area contributed by atoms with E-state index < -0.39 is 5.97 Å². The standard InChI is InChI=1S/C25H29N3O2.Li/c29-25(30)21-7-4-8-23-24(21)20(16-28(23)15-18-5-2-1-3-6-18)9-12-26-22-17-27-13-10-19(22)11-14-27;/h1-8,16,19,22,26H,9-15,17H2,(H,29,30);/q;+1/p-1/t22-;/m0./s1. The van der Waals surface area contributed by atoms with Gasteiger partial charge in [-0.1, -0.05) is 42.5 Å². The van der Waals surface area contributed by atoms with E-state index in [2.05, 4.69) is 33.1 Å². The maximum atomic E-state index is 11.8. The molecule has 0 radical (unpaired) electrons. The van der Waals surface area contributed by atoms with Gasteiger partial charge in [-0.05, 0) is 62.0 Å². The van der Waals surface area contributed by atoms with Crippen molar-refractivity contribution in [3.8, 4) is 0 Å². The Kier molecular flexibility index (Phi) is 6.88. The van der Waals surface area contributed by atoms with Gasteiger partial charge in [-0.25, -0.2) is 0 Å². The van der Waals surface area contributed by atoms with Gasteiger partial charge in [-0.15, -0.1) is 0 Å². The Bertz CT molecular complexity index is 1040. The molecule has 0 unspecified atom stereocenters. The van der Waals surface area contributed by atoms with Gasteiger partial charge in [0.2, 0.25) is 0 Å². The van der Waals surface area contributed by atoms with Gasteiger partial charge >= 0.3 is 18.9 Å². The van der Waals surface area contributed by atoms with Crippen LogP contribution in [0, 0.1) is 5.92 Å². The summed E-state index contributed by atoms with van der Waals surface area (Å²) in [7, 11) is 0. The Morgan fingerprint density at radius 1 is 1.06 bits per heavy atom. The predicted octanol–water partition coefficient (Wildman–Crippen LogP) is -0.717. The van der Waals surface area contributed by atoms with Gasteiger partial charge in [-0.2, -0.15) is 0 Å². The Labute approximate surface area is 195 Å². The first-order valence-electron chi connectivity index (χ1n) is 11.0. The SMILES string of the molecule is O=C([O-])c1cccc2c1c(CCN[C@H]1CN3CCC1CC3)cn2Cc1ccccc1.[Li+]. The molecule has 4 heterocycles. The molecule has 2 aromatic carbocycles. The van der Waals surface area contributed by atoms with Crippen LogP contribution in [-0.2, 0) is 13.0 Å². The molecular weight excluding hydrogens is 381 g/mol. The number of carbonyl (C=O) groups excluding carboxylic acids is 1. The zero-order chi connectivity index (χ0) is 20.5. The third-order valence-electron chi connectivity index (χ3n) is 6.86. The minimum Gasteiger partial charge on any atom is -0.545 e. The summed E-state index contributed by atoms with van der Waals surface area (Å²) in [6.07, 6.45) is 5.53. The van der Waals surface area contributed by atoms with Gasteiger partial charge in [0.25, 0.3) is 0 Å². The van der Waals surface area contributed by atoms with Gasteiger partial charge in [0.05, 0.1) is 5.97 Å². The number of benzene rings is 2. The Hall–Kier alpha value is -2.03. The van der Waals surface area contributed by atoms with Crippen molar-refractivity contribution in [2.45, 2.75) is 31.8 Å². The molecule has 156 valence electrons. The number of rotatable bonds is 7. The summed E-state index contributed by atoms with van der Waals surface area (Å²) in [5.41, 5.74) is 3.52. The minimum atomic E-state index is -1.11. The summed E-state index contributed by atoms with van der Waals surface area (Å²) < 4.78 is 2.17. The molecular formula is C25H28LiN3O2. The van der Waals surface area contributed by atoms with Crippen LogP contribution >= 0.6 is 0 Å². The predicted molar refractivity (Wildman–Crippen MR) is 116 cm³/mol. The molecule has 3 saturated heterocycles. The van der Waals surface area contributed by atoms with Crippen molar-refractivity contribution in [2.24, 2.45) is 5.92 Å². The third kappa shape index (κ3) is 4.61. The molecule has 0 amide bonds. The molecule has 5 nitrogen and oxygen atoms in total. The quantitative estimate of drug-likeness (QED) is 0.524. The van der Waals surface area contributed by atoms with Crippen molar-refractivity contribution in [2.75, 3.05) is 26.2 Å². The molecule has 31 heavy (non-hydrogen) atoms. The summed E-state index contributed by atoms with van der Waals surface area (Å²) in [5.74, 6) is -0.321. The summed E-state index contributed by atoms with van der Waals surface area (Å²) in [6.45, 7) is 5.21. The molecule has 3 aromatic rings. The number of fused-ring (bicyclic) bond motifs is 4. The average Bonchev–Trinajstić information content (AvgIpc) is 3.13. The molecule has 3 aliphatic rings. The Balaban J connectivity index is 0.00000231. The van der Waals surface area contributed by atoms with Crippen molar-refractivity contribution in [1.29, 1.82) is 0 Å². The molecule has 0 aliphatic carbocycles. The number of aromatic nitrogens is 1. The van der Waals surface area contributed by atoms with E-state index in [1.807, 2.05) is 30.3 Å². The van der Waals surface area contributed by atoms with Gasteiger partial charge in [0.15, 0.2) is 0 Å². The second-order valence-corrected chi connectivity index (χ2v) is 8.70. The summed E-state index contributed by atoms with van der Waals surface area (Å²) in [5, 5.41) is 16.4. The van der Waals surface area contributed by atoms with Crippen molar-refractivity contribution in [3.63, 3.8) is 0 Å². The number of carbonyl (C=O) groups is 1. The van der Waals surface area contributed by atoms with Crippen LogP contribution < -0.4 is 29.3 Å². The number of nitrogens with one attached hydrogen (secondary N) is 1. The summed E-state index contributed by atoms with van der Waals surface area (Å²) in [4.78, 5) is 14.4. The summed E-state index contributed by atoms with van der Waals surface area (Å²) >= 11 is 0. The molecule has 6 rings (SSSR count).